The molecular weight excluding hydrogens is 174 g/mol. The van der Waals surface area contributed by atoms with Gasteiger partial charge >= 0.3 is 0 Å². The molecule has 0 spiro atoms. The second-order valence-electron chi connectivity index (χ2n) is 2.37. The van der Waals surface area contributed by atoms with Gasteiger partial charge in [-0.15, -0.1) is 0 Å². The van der Waals surface area contributed by atoms with Crippen LogP contribution in [-0.2, 0) is 0 Å². The minimum absolute atomic E-state index is 0.0750. The molecule has 0 fully saturated rings. The van der Waals surface area contributed by atoms with E-state index in [1.165, 1.54) is 12.1 Å². The minimum atomic E-state index is -0.643. The van der Waals surface area contributed by atoms with Crippen molar-refractivity contribution in [1.29, 1.82) is 0 Å². The molecule has 0 heterocycles. The van der Waals surface area contributed by atoms with Crippen molar-refractivity contribution >= 4 is 5.91 Å². The molecule has 4 N–H and O–H groups in total. The normalized spacial score (nSPS) is 9.62. The highest BCUT2D eigenvalue weighted by molar-refractivity contribution is 5.97. The molecule has 5 nitrogen and oxygen atoms in total. The van der Waals surface area contributed by atoms with Gasteiger partial charge in [-0.05, 0) is 18.2 Å². The lowest BCUT2D eigenvalue weighted by molar-refractivity contribution is 0.0907. The summed E-state index contributed by atoms with van der Waals surface area (Å²) in [7, 11) is 0. The van der Waals surface area contributed by atoms with Crippen LogP contribution in [-0.4, -0.2) is 28.0 Å². The highest BCUT2D eigenvalue weighted by Gasteiger charge is 2.10. The van der Waals surface area contributed by atoms with Gasteiger partial charge < -0.3 is 20.6 Å². The van der Waals surface area contributed by atoms with Crippen LogP contribution in [0.5, 0.6) is 11.5 Å². The van der Waals surface area contributed by atoms with Crippen molar-refractivity contribution in [3.05, 3.63) is 23.8 Å². The van der Waals surface area contributed by atoms with Crippen LogP contribution in [0, 0.1) is 0 Å². The Kier molecular flexibility index (Phi) is 2.71. The van der Waals surface area contributed by atoms with E-state index >= 15 is 0 Å². The Hall–Kier alpha value is -1.75. The number of hydrogen-bond donors (Lipinski definition) is 4. The summed E-state index contributed by atoms with van der Waals surface area (Å²) < 4.78 is 0. The van der Waals surface area contributed by atoms with Gasteiger partial charge in [0.05, 0.1) is 5.56 Å². The summed E-state index contributed by atoms with van der Waals surface area (Å²) in [6.07, 6.45) is 0. The number of carbonyl (C=O) groups excluding carboxylic acids is 1. The first-order valence-corrected chi connectivity index (χ1v) is 3.56. The van der Waals surface area contributed by atoms with E-state index in [4.69, 9.17) is 10.2 Å². The van der Waals surface area contributed by atoms with Gasteiger partial charge in [0.15, 0.2) is 0 Å². The molecule has 1 rings (SSSR count). The van der Waals surface area contributed by atoms with E-state index in [2.05, 4.69) is 5.32 Å². The molecule has 0 aromatic heterocycles. The number of benzene rings is 1. The van der Waals surface area contributed by atoms with Crippen LogP contribution >= 0.6 is 0 Å². The fraction of sp³-hybridized carbons (Fsp3) is 0.125. The number of nitrogens with one attached hydrogen (secondary N) is 1. The third kappa shape index (κ3) is 2.09. The summed E-state index contributed by atoms with van der Waals surface area (Å²) in [5, 5.41) is 28.6. The third-order valence-electron chi connectivity index (χ3n) is 1.46. The van der Waals surface area contributed by atoms with Crippen molar-refractivity contribution in [3.8, 4) is 11.5 Å². The van der Waals surface area contributed by atoms with E-state index in [9.17, 15) is 9.90 Å². The first kappa shape index (κ1) is 9.34. The Bertz CT molecular complexity index is 324. The lowest BCUT2D eigenvalue weighted by Crippen LogP contribution is -2.23. The van der Waals surface area contributed by atoms with E-state index in [-0.39, 0.29) is 17.1 Å². The van der Waals surface area contributed by atoms with Crippen LogP contribution in [0.25, 0.3) is 0 Å². The monoisotopic (exact) mass is 183 g/mol. The van der Waals surface area contributed by atoms with Crippen molar-refractivity contribution in [2.45, 2.75) is 0 Å². The van der Waals surface area contributed by atoms with Gasteiger partial charge in [0, 0.05) is 0 Å². The first-order valence-electron chi connectivity index (χ1n) is 3.56. The highest BCUT2D eigenvalue weighted by Crippen LogP contribution is 2.21. The van der Waals surface area contributed by atoms with E-state index < -0.39 is 12.6 Å². The summed E-state index contributed by atoms with van der Waals surface area (Å²) in [5.41, 5.74) is -0.0750. The molecule has 13 heavy (non-hydrogen) atoms. The summed E-state index contributed by atoms with van der Waals surface area (Å²) in [4.78, 5) is 11.1. The fourth-order valence-corrected chi connectivity index (χ4v) is 0.873. The number of amides is 1. The van der Waals surface area contributed by atoms with Gasteiger partial charge in [-0.25, -0.2) is 0 Å². The molecule has 0 saturated carbocycles. The minimum Gasteiger partial charge on any atom is -0.508 e. The molecule has 0 bridgehead atoms. The lowest BCUT2D eigenvalue weighted by atomic mass is 10.2. The summed E-state index contributed by atoms with van der Waals surface area (Å²) in [6.45, 7) is -0.520. The Labute approximate surface area is 74.3 Å². The standard InChI is InChI=1S/C8H9NO4/c10-4-9-8(13)6-3-5(11)1-2-7(6)12/h1-3,10-12H,4H2,(H,9,13). The van der Waals surface area contributed by atoms with Crippen LogP contribution in [0.3, 0.4) is 0 Å². The molecule has 0 radical (unpaired) electrons. The van der Waals surface area contributed by atoms with Gasteiger partial charge in [-0.2, -0.15) is 0 Å². The van der Waals surface area contributed by atoms with Crippen LogP contribution in [0.4, 0.5) is 0 Å². The largest absolute Gasteiger partial charge is 0.508 e. The molecule has 0 unspecified atom stereocenters. The molecule has 1 aromatic rings. The number of hydrogen-bond acceptors (Lipinski definition) is 4. The Morgan fingerprint density at radius 2 is 2.08 bits per heavy atom. The van der Waals surface area contributed by atoms with Crippen molar-refractivity contribution in [3.63, 3.8) is 0 Å². The van der Waals surface area contributed by atoms with Crippen molar-refractivity contribution in [1.82, 2.24) is 5.32 Å². The molecule has 0 aliphatic rings. The van der Waals surface area contributed by atoms with Crippen LogP contribution in [0.1, 0.15) is 10.4 Å². The predicted molar refractivity (Wildman–Crippen MR) is 44.3 cm³/mol. The lowest BCUT2D eigenvalue weighted by Gasteiger charge is -2.04. The van der Waals surface area contributed by atoms with Crippen LogP contribution < -0.4 is 5.32 Å². The average Bonchev–Trinajstić information content (AvgIpc) is 2.09. The second kappa shape index (κ2) is 3.77. The van der Waals surface area contributed by atoms with Gasteiger partial charge in [0.2, 0.25) is 0 Å². The maximum atomic E-state index is 11.1. The number of rotatable bonds is 2. The maximum absolute atomic E-state index is 11.1. The highest BCUT2D eigenvalue weighted by atomic mass is 16.3. The number of aliphatic hydroxyl groups excluding tert-OH is 1. The van der Waals surface area contributed by atoms with E-state index in [1.54, 1.807) is 0 Å². The molecule has 0 aliphatic carbocycles. The molecule has 0 aliphatic heterocycles. The average molecular weight is 183 g/mol. The summed E-state index contributed by atoms with van der Waals surface area (Å²) in [5.74, 6) is -1.01. The zero-order valence-electron chi connectivity index (χ0n) is 6.69. The van der Waals surface area contributed by atoms with E-state index in [1.807, 2.05) is 0 Å². The zero-order chi connectivity index (χ0) is 9.84. The molecule has 0 saturated heterocycles. The Balaban J connectivity index is 2.99. The molecule has 0 atom stereocenters. The molecule has 70 valence electrons. The maximum Gasteiger partial charge on any atom is 0.256 e. The van der Waals surface area contributed by atoms with Crippen LogP contribution in [0.15, 0.2) is 18.2 Å². The van der Waals surface area contributed by atoms with E-state index in [0.29, 0.717) is 0 Å². The topological polar surface area (TPSA) is 89.8 Å². The molecule has 1 amide bonds. The first-order chi connectivity index (χ1) is 6.15. The summed E-state index contributed by atoms with van der Waals surface area (Å²) >= 11 is 0. The molecule has 1 aromatic carbocycles. The molecular formula is C8H9NO4. The van der Waals surface area contributed by atoms with Gasteiger partial charge in [-0.3, -0.25) is 4.79 Å². The smallest absolute Gasteiger partial charge is 0.256 e. The number of carbonyl (C=O) groups is 1. The fourth-order valence-electron chi connectivity index (χ4n) is 0.873. The molecule has 5 heteroatoms. The van der Waals surface area contributed by atoms with Crippen molar-refractivity contribution < 1.29 is 20.1 Å². The van der Waals surface area contributed by atoms with Crippen molar-refractivity contribution in [2.75, 3.05) is 6.73 Å². The van der Waals surface area contributed by atoms with E-state index in [0.717, 1.165) is 6.07 Å². The van der Waals surface area contributed by atoms with Gasteiger partial charge in [0.25, 0.3) is 5.91 Å². The Morgan fingerprint density at radius 3 is 2.69 bits per heavy atom. The third-order valence-corrected chi connectivity index (χ3v) is 1.46. The number of phenolic OH excluding ortho intramolecular Hbond substituents is 2. The number of aliphatic hydroxyl groups is 1. The zero-order valence-corrected chi connectivity index (χ0v) is 6.69. The summed E-state index contributed by atoms with van der Waals surface area (Å²) in [6, 6.07) is 3.56. The van der Waals surface area contributed by atoms with Crippen LogP contribution in [0.2, 0.25) is 0 Å². The van der Waals surface area contributed by atoms with Crippen molar-refractivity contribution in [2.24, 2.45) is 0 Å². The second-order valence-corrected chi connectivity index (χ2v) is 2.37. The van der Waals surface area contributed by atoms with Gasteiger partial charge in [0.1, 0.15) is 18.2 Å². The Morgan fingerprint density at radius 1 is 1.38 bits per heavy atom. The number of aromatic hydroxyl groups is 2. The predicted octanol–water partition coefficient (Wildman–Crippen LogP) is -0.223. The number of phenols is 2. The van der Waals surface area contributed by atoms with Gasteiger partial charge in [-0.1, -0.05) is 0 Å². The quantitative estimate of drug-likeness (QED) is 0.377. The SMILES string of the molecule is O=C(NCO)c1cc(O)ccc1O.